The molecule has 23 heavy (non-hydrogen) atoms. The molecular formula is C18H21N3O2. The van der Waals surface area contributed by atoms with Gasteiger partial charge in [-0.1, -0.05) is 13.8 Å². The second-order valence-corrected chi connectivity index (χ2v) is 6.06. The van der Waals surface area contributed by atoms with Crippen LogP contribution >= 0.6 is 0 Å². The maximum absolute atomic E-state index is 12.3. The van der Waals surface area contributed by atoms with Gasteiger partial charge in [0.2, 0.25) is 0 Å². The Kier molecular flexibility index (Phi) is 5.28. The molecule has 0 saturated carbocycles. The molecule has 5 nitrogen and oxygen atoms in total. The Hall–Kier alpha value is -2.48. The van der Waals surface area contributed by atoms with Crippen LogP contribution in [0.5, 0.6) is 0 Å². The molecule has 1 aromatic heterocycles. The highest BCUT2D eigenvalue weighted by molar-refractivity contribution is 5.99. The fourth-order valence-electron chi connectivity index (χ4n) is 2.98. The predicted octanol–water partition coefficient (Wildman–Crippen LogP) is 3.25. The summed E-state index contributed by atoms with van der Waals surface area (Å²) in [5.74, 6) is -0.897. The molecule has 2 atom stereocenters. The van der Waals surface area contributed by atoms with Crippen molar-refractivity contribution in [1.82, 2.24) is 4.98 Å². The van der Waals surface area contributed by atoms with Crippen molar-refractivity contribution in [3.05, 3.63) is 41.4 Å². The van der Waals surface area contributed by atoms with Crippen LogP contribution in [0.2, 0.25) is 0 Å². The summed E-state index contributed by atoms with van der Waals surface area (Å²) in [6, 6.07) is 6.02. The Labute approximate surface area is 136 Å². The van der Waals surface area contributed by atoms with Crippen LogP contribution in [0.4, 0.5) is 0 Å². The number of aromatic nitrogens is 1. The highest BCUT2D eigenvalue weighted by Crippen LogP contribution is 2.40. The van der Waals surface area contributed by atoms with Gasteiger partial charge >= 0.3 is 5.97 Å². The van der Waals surface area contributed by atoms with E-state index in [4.69, 9.17) is 4.74 Å². The predicted molar refractivity (Wildman–Crippen MR) is 87.7 cm³/mol. The summed E-state index contributed by atoms with van der Waals surface area (Å²) in [7, 11) is 1.35. The van der Waals surface area contributed by atoms with Crippen molar-refractivity contribution in [3.8, 4) is 6.07 Å². The summed E-state index contributed by atoms with van der Waals surface area (Å²) < 4.78 is 4.93. The van der Waals surface area contributed by atoms with E-state index in [0.717, 1.165) is 17.7 Å². The Morgan fingerprint density at radius 3 is 2.57 bits per heavy atom. The van der Waals surface area contributed by atoms with Crippen LogP contribution < -0.4 is 0 Å². The van der Waals surface area contributed by atoms with Gasteiger partial charge in [0.25, 0.3) is 0 Å². The van der Waals surface area contributed by atoms with Gasteiger partial charge in [0.1, 0.15) is 0 Å². The van der Waals surface area contributed by atoms with Crippen molar-refractivity contribution in [1.29, 1.82) is 5.26 Å². The number of aliphatic imine (C=N–C) groups is 1. The fraction of sp³-hybridized carbons (Fsp3) is 0.444. The van der Waals surface area contributed by atoms with Gasteiger partial charge in [-0.2, -0.15) is 5.26 Å². The van der Waals surface area contributed by atoms with Gasteiger partial charge in [0.15, 0.2) is 0 Å². The molecule has 0 amide bonds. The Morgan fingerprint density at radius 2 is 2.04 bits per heavy atom. The number of carbonyl (C=O) groups excluding carboxylic acids is 1. The first-order chi connectivity index (χ1) is 11.0. The first-order valence-electron chi connectivity index (χ1n) is 7.65. The van der Waals surface area contributed by atoms with Crippen molar-refractivity contribution in [3.63, 3.8) is 0 Å². The molecule has 0 spiro atoms. The summed E-state index contributed by atoms with van der Waals surface area (Å²) in [5.41, 5.74) is 2.79. The van der Waals surface area contributed by atoms with E-state index >= 15 is 0 Å². The molecule has 0 radical (unpaired) electrons. The van der Waals surface area contributed by atoms with E-state index in [1.165, 1.54) is 7.11 Å². The molecule has 0 aromatic carbocycles. The van der Waals surface area contributed by atoms with Gasteiger partial charge in [-0.05, 0) is 37.0 Å². The van der Waals surface area contributed by atoms with Crippen molar-refractivity contribution in [2.45, 2.75) is 33.1 Å². The van der Waals surface area contributed by atoms with Crippen molar-refractivity contribution in [2.75, 3.05) is 7.11 Å². The zero-order chi connectivity index (χ0) is 17.0. The summed E-state index contributed by atoms with van der Waals surface area (Å²) in [6.07, 6.45) is 4.06. The molecule has 1 aromatic rings. The van der Waals surface area contributed by atoms with Gasteiger partial charge in [-0.3, -0.25) is 9.98 Å². The molecule has 120 valence electrons. The average Bonchev–Trinajstić information content (AvgIpc) is 2.54. The van der Waals surface area contributed by atoms with Gasteiger partial charge in [-0.15, -0.1) is 0 Å². The lowest BCUT2D eigenvalue weighted by atomic mass is 9.75. The topological polar surface area (TPSA) is 75.3 Å². The van der Waals surface area contributed by atoms with Gasteiger partial charge in [0, 0.05) is 29.7 Å². The number of esters is 1. The van der Waals surface area contributed by atoms with Crippen molar-refractivity contribution >= 4 is 11.7 Å². The Balaban J connectivity index is 2.61. The number of hydrogen-bond acceptors (Lipinski definition) is 5. The number of pyridine rings is 1. The van der Waals surface area contributed by atoms with Crippen molar-refractivity contribution in [2.24, 2.45) is 16.8 Å². The van der Waals surface area contributed by atoms with E-state index in [9.17, 15) is 10.1 Å². The molecule has 0 saturated heterocycles. The van der Waals surface area contributed by atoms with Crippen LogP contribution in [0.3, 0.4) is 0 Å². The Morgan fingerprint density at radius 1 is 1.39 bits per heavy atom. The standard InChI is InChI=1S/C18H21N3O2/c1-11(2)9-15-14(10-19)17(13-5-7-20-8-6-13)16(12(3)21-15)18(22)23-4/h5-8,11,14,17H,9H2,1-4H3. The lowest BCUT2D eigenvalue weighted by molar-refractivity contribution is -0.136. The number of hydrogen-bond donors (Lipinski definition) is 0. The van der Waals surface area contributed by atoms with E-state index < -0.39 is 11.9 Å². The van der Waals surface area contributed by atoms with Crippen molar-refractivity contribution < 1.29 is 9.53 Å². The zero-order valence-corrected chi connectivity index (χ0v) is 13.9. The first kappa shape index (κ1) is 16.9. The van der Waals surface area contributed by atoms with Crippen LogP contribution in [0.15, 0.2) is 40.8 Å². The maximum Gasteiger partial charge on any atom is 0.336 e. The van der Waals surface area contributed by atoms with Gasteiger partial charge in [0.05, 0.1) is 24.7 Å². The zero-order valence-electron chi connectivity index (χ0n) is 13.9. The van der Waals surface area contributed by atoms with E-state index in [-0.39, 0.29) is 5.92 Å². The number of ether oxygens (including phenoxy) is 1. The minimum absolute atomic E-state index is 0.373. The third-order valence-electron chi connectivity index (χ3n) is 3.93. The van der Waals surface area contributed by atoms with Crippen LogP contribution in [-0.2, 0) is 9.53 Å². The number of carbonyl (C=O) groups is 1. The molecule has 0 bridgehead atoms. The van der Waals surface area contributed by atoms with Crippen LogP contribution in [0.25, 0.3) is 0 Å². The van der Waals surface area contributed by atoms with Gasteiger partial charge in [-0.25, -0.2) is 4.79 Å². The molecule has 2 rings (SSSR count). The average molecular weight is 311 g/mol. The molecule has 0 N–H and O–H groups in total. The molecular weight excluding hydrogens is 290 g/mol. The molecule has 2 unspecified atom stereocenters. The number of methoxy groups -OCH3 is 1. The molecule has 0 aliphatic carbocycles. The monoisotopic (exact) mass is 311 g/mol. The maximum atomic E-state index is 12.3. The van der Waals surface area contributed by atoms with E-state index in [2.05, 4.69) is 29.9 Å². The normalized spacial score (nSPS) is 21.0. The summed E-state index contributed by atoms with van der Waals surface area (Å²) in [6.45, 7) is 5.98. The minimum atomic E-state index is -0.474. The highest BCUT2D eigenvalue weighted by atomic mass is 16.5. The molecule has 5 heteroatoms. The Bertz CT molecular complexity index is 684. The van der Waals surface area contributed by atoms with E-state index in [1.807, 2.05) is 12.1 Å². The summed E-state index contributed by atoms with van der Waals surface area (Å²) >= 11 is 0. The molecule has 2 heterocycles. The second-order valence-electron chi connectivity index (χ2n) is 6.06. The largest absolute Gasteiger partial charge is 0.466 e. The number of nitrogens with zero attached hydrogens (tertiary/aromatic N) is 3. The van der Waals surface area contributed by atoms with Gasteiger partial charge < -0.3 is 4.74 Å². The number of nitriles is 1. The quantitative estimate of drug-likeness (QED) is 0.800. The number of rotatable bonds is 4. The minimum Gasteiger partial charge on any atom is -0.466 e. The molecule has 1 aliphatic heterocycles. The lowest BCUT2D eigenvalue weighted by Gasteiger charge is -2.30. The molecule has 1 aliphatic rings. The summed E-state index contributed by atoms with van der Waals surface area (Å²) in [5, 5.41) is 9.74. The van der Waals surface area contributed by atoms with Crippen LogP contribution in [0, 0.1) is 23.2 Å². The number of allylic oxidation sites excluding steroid dienone is 1. The third-order valence-corrected chi connectivity index (χ3v) is 3.93. The third kappa shape index (κ3) is 3.48. The van der Waals surface area contributed by atoms with Crippen LogP contribution in [0.1, 0.15) is 38.7 Å². The molecule has 0 fully saturated rings. The SMILES string of the molecule is COC(=O)C1=C(C)N=C(CC(C)C)C(C#N)C1c1ccncc1. The van der Waals surface area contributed by atoms with E-state index in [1.54, 1.807) is 19.3 Å². The van der Waals surface area contributed by atoms with Crippen LogP contribution in [-0.4, -0.2) is 23.8 Å². The summed E-state index contributed by atoms with van der Waals surface area (Å²) in [4.78, 5) is 20.9. The smallest absolute Gasteiger partial charge is 0.336 e. The fourth-order valence-corrected chi connectivity index (χ4v) is 2.98. The van der Waals surface area contributed by atoms with E-state index in [0.29, 0.717) is 17.2 Å². The highest BCUT2D eigenvalue weighted by Gasteiger charge is 2.38. The lowest BCUT2D eigenvalue weighted by Crippen LogP contribution is -2.31. The first-order valence-corrected chi connectivity index (χ1v) is 7.65. The second kappa shape index (κ2) is 7.19.